The van der Waals surface area contributed by atoms with Crippen LogP contribution < -0.4 is 19.3 Å². The van der Waals surface area contributed by atoms with Crippen LogP contribution in [-0.2, 0) is 15.9 Å². The highest BCUT2D eigenvalue weighted by molar-refractivity contribution is 7.55. The van der Waals surface area contributed by atoms with Crippen molar-refractivity contribution in [3.63, 3.8) is 0 Å². The minimum Gasteiger partial charge on any atom is -0.445 e. The van der Waals surface area contributed by atoms with Crippen LogP contribution in [0.2, 0.25) is 0 Å². The molecule has 7 nitrogen and oxygen atoms in total. The molecule has 5 aromatic carbocycles. The van der Waals surface area contributed by atoms with Crippen LogP contribution in [0.15, 0.2) is 127 Å². The number of anilines is 1. The SMILES string of the molecule is CN(C)c1ccc(C(NC(=O)OCc2ccccc2)P(=O)(Oc2ccccc2)Oc2ccccc2)c2ccccc12. The zero-order valence-corrected chi connectivity index (χ0v) is 23.7. The first-order valence-corrected chi connectivity index (χ1v) is 14.8. The van der Waals surface area contributed by atoms with Crippen LogP contribution in [0.4, 0.5) is 10.5 Å². The lowest BCUT2D eigenvalue weighted by Crippen LogP contribution is -2.31. The van der Waals surface area contributed by atoms with Crippen molar-refractivity contribution in [2.24, 2.45) is 0 Å². The Morgan fingerprint density at radius 1 is 0.707 bits per heavy atom. The molecule has 5 aromatic rings. The number of rotatable bonds is 10. The average molecular weight is 567 g/mol. The van der Waals surface area contributed by atoms with Crippen LogP contribution in [0, 0.1) is 0 Å². The van der Waals surface area contributed by atoms with Crippen LogP contribution in [-0.4, -0.2) is 20.2 Å². The number of carbonyl (C=O) groups is 1. The maximum atomic E-state index is 15.0. The van der Waals surface area contributed by atoms with Gasteiger partial charge in [-0.2, -0.15) is 0 Å². The molecule has 0 aliphatic heterocycles. The molecule has 0 aliphatic carbocycles. The Kier molecular flexibility index (Phi) is 8.56. The lowest BCUT2D eigenvalue weighted by molar-refractivity contribution is 0.137. The van der Waals surface area contributed by atoms with Gasteiger partial charge in [0, 0.05) is 25.2 Å². The summed E-state index contributed by atoms with van der Waals surface area (Å²) >= 11 is 0. The fourth-order valence-electron chi connectivity index (χ4n) is 4.52. The van der Waals surface area contributed by atoms with Gasteiger partial charge in [0.25, 0.3) is 0 Å². The van der Waals surface area contributed by atoms with E-state index in [0.717, 1.165) is 22.0 Å². The molecule has 0 aliphatic rings. The third-order valence-electron chi connectivity index (χ3n) is 6.45. The summed E-state index contributed by atoms with van der Waals surface area (Å²) in [5.74, 6) is -0.539. The Labute approximate surface area is 239 Å². The van der Waals surface area contributed by atoms with Crippen molar-refractivity contribution >= 4 is 30.1 Å². The highest BCUT2D eigenvalue weighted by Crippen LogP contribution is 2.60. The molecule has 208 valence electrons. The Bertz CT molecular complexity index is 1600. The molecule has 1 unspecified atom stereocenters. The number of alkyl carbamates (subject to hydrolysis) is 1. The topological polar surface area (TPSA) is 77.1 Å². The number of fused-ring (bicyclic) bond motifs is 1. The normalized spacial score (nSPS) is 11.9. The van der Waals surface area contributed by atoms with Crippen molar-refractivity contribution in [1.29, 1.82) is 0 Å². The molecule has 0 aromatic heterocycles. The van der Waals surface area contributed by atoms with Crippen LogP contribution in [0.3, 0.4) is 0 Å². The maximum Gasteiger partial charge on any atom is 0.457 e. The zero-order chi connectivity index (χ0) is 28.7. The zero-order valence-electron chi connectivity index (χ0n) is 22.8. The van der Waals surface area contributed by atoms with Gasteiger partial charge >= 0.3 is 13.7 Å². The summed E-state index contributed by atoms with van der Waals surface area (Å²) < 4.78 is 32.9. The van der Waals surface area contributed by atoms with Crippen molar-refractivity contribution in [2.75, 3.05) is 19.0 Å². The molecule has 1 atom stereocenters. The standard InChI is InChI=1S/C33H31N2O5P/c1-35(2)31-23-22-30(28-20-12-13-21-29(28)31)32(34-33(36)38-24-25-14-6-3-7-15-25)41(37,39-26-16-8-4-9-17-26)40-27-18-10-5-11-19-27/h3-23,32H,24H2,1-2H3,(H,34,36). The van der Waals surface area contributed by atoms with Gasteiger partial charge in [0.1, 0.15) is 18.1 Å². The molecule has 0 saturated heterocycles. The fourth-order valence-corrected chi connectivity index (χ4v) is 6.43. The second kappa shape index (κ2) is 12.6. The van der Waals surface area contributed by atoms with E-state index in [2.05, 4.69) is 5.32 Å². The first-order valence-electron chi connectivity index (χ1n) is 13.2. The van der Waals surface area contributed by atoms with E-state index in [1.54, 1.807) is 48.5 Å². The first-order chi connectivity index (χ1) is 19.9. The van der Waals surface area contributed by atoms with Crippen molar-refractivity contribution in [2.45, 2.75) is 12.4 Å². The predicted octanol–water partition coefficient (Wildman–Crippen LogP) is 8.18. The van der Waals surface area contributed by atoms with Crippen molar-refractivity contribution in [3.05, 3.63) is 139 Å². The van der Waals surface area contributed by atoms with Crippen LogP contribution in [0.1, 0.15) is 16.9 Å². The lowest BCUT2D eigenvalue weighted by Gasteiger charge is -2.29. The van der Waals surface area contributed by atoms with Crippen LogP contribution >= 0.6 is 7.60 Å². The quantitative estimate of drug-likeness (QED) is 0.172. The Morgan fingerprint density at radius 2 is 1.22 bits per heavy atom. The van der Waals surface area contributed by atoms with E-state index in [1.807, 2.05) is 97.9 Å². The molecule has 0 saturated carbocycles. The molecular formula is C33H31N2O5P. The molecule has 1 amide bonds. The Balaban J connectivity index is 1.61. The molecule has 0 heterocycles. The largest absolute Gasteiger partial charge is 0.457 e. The number of benzene rings is 5. The van der Waals surface area contributed by atoms with E-state index in [9.17, 15) is 9.36 Å². The molecule has 0 bridgehead atoms. The summed E-state index contributed by atoms with van der Waals surface area (Å²) in [6.07, 6.45) is -0.756. The minimum absolute atomic E-state index is 0.0447. The van der Waals surface area contributed by atoms with Gasteiger partial charge in [-0.3, -0.25) is 0 Å². The van der Waals surface area contributed by atoms with Gasteiger partial charge < -0.3 is 24.0 Å². The molecule has 0 fully saturated rings. The van der Waals surface area contributed by atoms with Crippen molar-refractivity contribution in [1.82, 2.24) is 5.32 Å². The smallest absolute Gasteiger partial charge is 0.445 e. The number of carbonyl (C=O) groups excluding carboxylic acids is 1. The summed E-state index contributed by atoms with van der Waals surface area (Å²) in [7, 11) is -0.297. The van der Waals surface area contributed by atoms with Gasteiger partial charge in [0.2, 0.25) is 0 Å². The van der Waals surface area contributed by atoms with E-state index in [-0.39, 0.29) is 6.61 Å². The lowest BCUT2D eigenvalue weighted by atomic mass is 10.0. The Morgan fingerprint density at radius 3 is 1.78 bits per heavy atom. The fraction of sp³-hybridized carbons (Fsp3) is 0.121. The number of hydrogen-bond acceptors (Lipinski definition) is 6. The third kappa shape index (κ3) is 6.71. The Hall–Kier alpha value is -4.74. The number of amides is 1. The molecule has 0 spiro atoms. The van der Waals surface area contributed by atoms with Crippen molar-refractivity contribution in [3.8, 4) is 11.5 Å². The van der Waals surface area contributed by atoms with E-state index >= 15 is 0 Å². The molecule has 41 heavy (non-hydrogen) atoms. The van der Waals surface area contributed by atoms with Gasteiger partial charge in [0.15, 0.2) is 5.78 Å². The number of para-hydroxylation sites is 2. The highest BCUT2D eigenvalue weighted by Gasteiger charge is 2.43. The van der Waals surface area contributed by atoms with E-state index < -0.39 is 19.5 Å². The predicted molar refractivity (Wildman–Crippen MR) is 163 cm³/mol. The first kappa shape index (κ1) is 27.8. The average Bonchev–Trinajstić information content (AvgIpc) is 2.99. The van der Waals surface area contributed by atoms with Gasteiger partial charge in [0.05, 0.1) is 0 Å². The molecule has 1 N–H and O–H groups in total. The monoisotopic (exact) mass is 566 g/mol. The molecule has 0 radical (unpaired) electrons. The second-order valence-electron chi connectivity index (χ2n) is 9.57. The number of ether oxygens (including phenoxy) is 1. The number of nitrogens with zero attached hydrogens (tertiary/aromatic N) is 1. The van der Waals surface area contributed by atoms with Gasteiger partial charge in [-0.15, -0.1) is 0 Å². The third-order valence-corrected chi connectivity index (χ3v) is 8.42. The van der Waals surface area contributed by atoms with Crippen LogP contribution in [0.5, 0.6) is 11.5 Å². The molecular weight excluding hydrogens is 535 g/mol. The summed E-state index contributed by atoms with van der Waals surface area (Å²) in [5, 5.41) is 4.55. The number of hydrogen-bond donors (Lipinski definition) is 1. The van der Waals surface area contributed by atoms with E-state index in [4.69, 9.17) is 13.8 Å². The molecule has 8 heteroatoms. The highest BCUT2D eigenvalue weighted by atomic mass is 31.2. The summed E-state index contributed by atoms with van der Waals surface area (Å²) in [6.45, 7) is 0.0447. The summed E-state index contributed by atoms with van der Waals surface area (Å²) in [6, 6.07) is 38.4. The minimum atomic E-state index is -4.21. The number of nitrogens with one attached hydrogen (secondary N) is 1. The van der Waals surface area contributed by atoms with Gasteiger partial charge in [-0.05, 0) is 46.8 Å². The molecule has 5 rings (SSSR count). The maximum absolute atomic E-state index is 15.0. The summed E-state index contributed by atoms with van der Waals surface area (Å²) in [4.78, 5) is 15.3. The van der Waals surface area contributed by atoms with Crippen LogP contribution in [0.25, 0.3) is 10.8 Å². The second-order valence-corrected chi connectivity index (χ2v) is 11.5. The van der Waals surface area contributed by atoms with E-state index in [1.165, 1.54) is 0 Å². The summed E-state index contributed by atoms with van der Waals surface area (Å²) in [5.41, 5.74) is 2.36. The van der Waals surface area contributed by atoms with Gasteiger partial charge in [-0.1, -0.05) is 97.1 Å². The van der Waals surface area contributed by atoms with Crippen molar-refractivity contribution < 1.29 is 23.1 Å². The van der Waals surface area contributed by atoms with Gasteiger partial charge in [-0.25, -0.2) is 9.36 Å². The van der Waals surface area contributed by atoms with E-state index in [0.29, 0.717) is 17.1 Å².